The van der Waals surface area contributed by atoms with E-state index in [9.17, 15) is 30.5 Å². The molecule has 0 radical (unpaired) electrons. The van der Waals surface area contributed by atoms with Crippen LogP contribution in [0.25, 0.3) is 0 Å². The van der Waals surface area contributed by atoms with Crippen LogP contribution in [0.3, 0.4) is 0 Å². The summed E-state index contributed by atoms with van der Waals surface area (Å²) in [5.41, 5.74) is 2.35. The molecule has 0 saturated heterocycles. The second kappa shape index (κ2) is 21.3. The molecule has 0 aromatic heterocycles. The van der Waals surface area contributed by atoms with Gasteiger partial charge in [0.05, 0.1) is 0 Å². The summed E-state index contributed by atoms with van der Waals surface area (Å²) < 4.78 is 103. The molecule has 2 N–H and O–H groups in total. The van der Waals surface area contributed by atoms with E-state index in [1.54, 1.807) is 36.4 Å². The molecule has 6 rings (SSSR count). The van der Waals surface area contributed by atoms with E-state index < -0.39 is 39.4 Å². The van der Waals surface area contributed by atoms with Crippen molar-refractivity contribution in [2.24, 2.45) is 0 Å². The van der Waals surface area contributed by atoms with Crippen molar-refractivity contribution in [2.45, 2.75) is 62.2 Å². The van der Waals surface area contributed by atoms with Gasteiger partial charge < -0.3 is 9.47 Å². The lowest BCUT2D eigenvalue weighted by Gasteiger charge is -2.11. The first kappa shape index (κ1) is 44.3. The molecule has 0 aliphatic heterocycles. The molecule has 11 nitrogen and oxygen atoms in total. The molecule has 14 heteroatoms. The van der Waals surface area contributed by atoms with Gasteiger partial charge in [-0.15, -0.1) is 0 Å². The molecular formula is C46H46O11PS2+. The zero-order valence-corrected chi connectivity index (χ0v) is 35.2. The first-order valence-corrected chi connectivity index (χ1v) is 23.5. The molecule has 0 fully saturated rings. The van der Waals surface area contributed by atoms with Crippen LogP contribution in [0.5, 0.6) is 23.0 Å². The Kier molecular flexibility index (Phi) is 15.8. The minimum Gasteiger partial charge on any atom is -0.457 e. The van der Waals surface area contributed by atoms with E-state index >= 15 is 0 Å². The van der Waals surface area contributed by atoms with Gasteiger partial charge >= 0.3 is 8.25 Å². The Labute approximate surface area is 352 Å². The summed E-state index contributed by atoms with van der Waals surface area (Å²) in [5.74, 6) is 2.43. The van der Waals surface area contributed by atoms with E-state index in [-0.39, 0.29) is 25.7 Å². The highest BCUT2D eigenvalue weighted by Gasteiger charge is 2.41. The van der Waals surface area contributed by atoms with Gasteiger partial charge in [0.15, 0.2) is 0 Å². The smallest absolute Gasteiger partial charge is 0.457 e. The Bertz CT molecular complexity index is 2340. The van der Waals surface area contributed by atoms with Crippen molar-refractivity contribution in [3.63, 3.8) is 0 Å². The highest BCUT2D eigenvalue weighted by atomic mass is 32.2. The van der Waals surface area contributed by atoms with Crippen molar-refractivity contribution in [3.05, 3.63) is 191 Å². The largest absolute Gasteiger partial charge is 0.700 e. The second-order valence-corrected chi connectivity index (χ2v) is 18.2. The molecule has 312 valence electrons. The van der Waals surface area contributed by atoms with E-state index in [1.807, 2.05) is 97.1 Å². The number of rotatable bonds is 22. The van der Waals surface area contributed by atoms with E-state index in [1.165, 1.54) is 11.1 Å². The van der Waals surface area contributed by atoms with Crippen molar-refractivity contribution >= 4 is 28.5 Å². The van der Waals surface area contributed by atoms with Crippen LogP contribution in [0.2, 0.25) is 0 Å². The molecule has 0 spiro atoms. The predicted octanol–water partition coefficient (Wildman–Crippen LogP) is 10.9. The third kappa shape index (κ3) is 14.5. The van der Waals surface area contributed by atoms with Gasteiger partial charge in [-0.3, -0.25) is 9.11 Å². The summed E-state index contributed by atoms with van der Waals surface area (Å²) in [6.45, 7) is 0. The van der Waals surface area contributed by atoms with Gasteiger partial charge in [0.2, 0.25) is 10.9 Å². The van der Waals surface area contributed by atoms with Crippen molar-refractivity contribution in [3.8, 4) is 23.0 Å². The number of ether oxygens (including phenoxy) is 2. The van der Waals surface area contributed by atoms with E-state index in [4.69, 9.17) is 18.5 Å². The van der Waals surface area contributed by atoms with Gasteiger partial charge in [-0.2, -0.15) is 16.8 Å². The fraction of sp³-hybridized carbons (Fsp3) is 0.217. The maximum Gasteiger partial charge on any atom is 0.700 e. The van der Waals surface area contributed by atoms with Crippen LogP contribution < -0.4 is 9.47 Å². The van der Waals surface area contributed by atoms with Crippen LogP contribution in [-0.4, -0.2) is 36.8 Å². The van der Waals surface area contributed by atoms with Crippen LogP contribution in [0.1, 0.15) is 59.1 Å². The predicted molar refractivity (Wildman–Crippen MR) is 231 cm³/mol. The monoisotopic (exact) mass is 869 g/mol. The number of benzene rings is 6. The summed E-state index contributed by atoms with van der Waals surface area (Å²) >= 11 is 0. The Morgan fingerprint density at radius 2 is 0.783 bits per heavy atom. The number of hydrogen-bond donors (Lipinski definition) is 2. The van der Waals surface area contributed by atoms with E-state index in [0.29, 0.717) is 35.8 Å². The molecule has 60 heavy (non-hydrogen) atoms. The molecular weight excluding hydrogens is 824 g/mol. The molecule has 2 atom stereocenters. The first-order chi connectivity index (χ1) is 28.9. The molecule has 0 heterocycles. The van der Waals surface area contributed by atoms with Crippen molar-refractivity contribution < 1.29 is 49.0 Å². The zero-order valence-electron chi connectivity index (χ0n) is 32.7. The topological polar surface area (TPSA) is 163 Å². The average Bonchev–Trinajstić information content (AvgIpc) is 3.22. The minimum atomic E-state index is -4.89. The van der Waals surface area contributed by atoms with Crippen LogP contribution in [0.4, 0.5) is 0 Å². The standard InChI is InChI=1S/C46H45O11PS2/c47-58(56-45(59(48,49)50)21-9-17-37-15-7-19-43(33-37)54-41-27-23-39(24-28-41)31-35-11-3-1-4-12-35)57-46(60(51,52)53)22-10-18-38-16-8-20-44(34-38)55-42-29-25-40(26-30-42)32-36-13-5-2-6-14-36/h1-8,11-16,19-20,23-30,33-34,45-46H,9-10,17-18,21-22,31-32H2,(H-,48,49,50,51,52,53)/p+1. The van der Waals surface area contributed by atoms with Crippen LogP contribution in [-0.2, 0) is 59.5 Å². The molecule has 2 unspecified atom stereocenters. The zero-order chi connectivity index (χ0) is 42.4. The highest BCUT2D eigenvalue weighted by molar-refractivity contribution is 7.86. The van der Waals surface area contributed by atoms with Crippen molar-refractivity contribution in [1.82, 2.24) is 0 Å². The Morgan fingerprint density at radius 3 is 1.15 bits per heavy atom. The Balaban J connectivity index is 0.960. The fourth-order valence-electron chi connectivity index (χ4n) is 6.49. The van der Waals surface area contributed by atoms with Gasteiger partial charge in [0, 0.05) is 4.57 Å². The Hall–Kier alpha value is -5.24. The number of hydrogen-bond acceptors (Lipinski definition) is 9. The third-order valence-electron chi connectivity index (χ3n) is 9.50. The summed E-state index contributed by atoms with van der Waals surface area (Å²) in [4.78, 5) is 0. The number of aryl methyl sites for hydroxylation is 2. The van der Waals surface area contributed by atoms with Gasteiger partial charge in [-0.05, 0) is 133 Å². The van der Waals surface area contributed by atoms with E-state index in [0.717, 1.165) is 35.1 Å². The SMILES string of the molecule is O=[P+](OC(CCCc1cccc(Oc2ccc(Cc3ccccc3)cc2)c1)S(=O)(=O)O)OC(CCCc1cccc(Oc2ccc(Cc3ccccc3)cc2)c1)S(=O)(=O)O. The average molecular weight is 870 g/mol. The van der Waals surface area contributed by atoms with Gasteiger partial charge in [-0.1, -0.05) is 118 Å². The maximum atomic E-state index is 12.8. The summed E-state index contributed by atoms with van der Waals surface area (Å²) in [5, 5.41) is 0. The lowest BCUT2D eigenvalue weighted by atomic mass is 10.1. The Morgan fingerprint density at radius 1 is 0.433 bits per heavy atom. The molecule has 6 aromatic rings. The van der Waals surface area contributed by atoms with Gasteiger partial charge in [0.25, 0.3) is 20.2 Å². The second-order valence-electron chi connectivity index (χ2n) is 14.2. The lowest BCUT2D eigenvalue weighted by Crippen LogP contribution is -2.25. The molecule has 0 saturated carbocycles. The molecule has 0 bridgehead atoms. The molecule has 0 aliphatic carbocycles. The minimum absolute atomic E-state index is 0.176. The summed E-state index contributed by atoms with van der Waals surface area (Å²) in [6, 6.07) is 50.2. The maximum absolute atomic E-state index is 12.8. The fourth-order valence-corrected chi connectivity index (χ4v) is 9.35. The highest BCUT2D eigenvalue weighted by Crippen LogP contribution is 2.34. The van der Waals surface area contributed by atoms with Crippen molar-refractivity contribution in [2.75, 3.05) is 0 Å². The van der Waals surface area contributed by atoms with Crippen LogP contribution >= 0.6 is 8.25 Å². The summed E-state index contributed by atoms with van der Waals surface area (Å²) in [6.07, 6.45) is 2.07. The lowest BCUT2D eigenvalue weighted by molar-refractivity contribution is 0.170. The van der Waals surface area contributed by atoms with Gasteiger partial charge in [0.1, 0.15) is 23.0 Å². The molecule has 0 amide bonds. The quantitative estimate of drug-likeness (QED) is 0.0493. The van der Waals surface area contributed by atoms with E-state index in [2.05, 4.69) is 24.3 Å². The van der Waals surface area contributed by atoms with Crippen molar-refractivity contribution in [1.29, 1.82) is 0 Å². The van der Waals surface area contributed by atoms with Gasteiger partial charge in [-0.25, -0.2) is 0 Å². The third-order valence-corrected chi connectivity index (χ3v) is 12.6. The normalized spacial score (nSPS) is 13.0. The first-order valence-electron chi connectivity index (χ1n) is 19.4. The summed E-state index contributed by atoms with van der Waals surface area (Å²) in [7, 11) is -13.2. The van der Waals surface area contributed by atoms with Crippen LogP contribution in [0.15, 0.2) is 158 Å². The molecule has 0 aliphatic rings. The van der Waals surface area contributed by atoms with Crippen LogP contribution in [0, 0.1) is 0 Å². The molecule has 6 aromatic carbocycles.